The number of hydrogen-bond donors (Lipinski definition) is 8. The minimum atomic E-state index is -0.257. The zero-order valence-corrected chi connectivity index (χ0v) is 58.5. The standard InChI is InChI=1S/4C15H28O2.C10H14N2.2Zn/c4*16-14(12-7-3-1-4-8-12)11-15(17)13-9-5-2-6-10-13;1-5-11-6-2-9(1)10-3-7-12-8-4-10;;/h4*12-17H,1-11H2;1-2,5,10H,3-4,6-8H2;;/q;;;;-2;;. The molecule has 8 unspecified atom stereocenters. The number of aliphatic hydroxyl groups excluding tert-OH is 8. The molecule has 2 heterocycles. The minimum absolute atomic E-state index is 0. The smallest absolute Gasteiger partial charge is 0.0593 e. The van der Waals surface area contributed by atoms with Gasteiger partial charge in [-0.1, -0.05) is 185 Å². The van der Waals surface area contributed by atoms with Gasteiger partial charge >= 0.3 is 0 Å². The summed E-state index contributed by atoms with van der Waals surface area (Å²) in [6.07, 6.45) is 58.7. The molecule has 0 amide bonds. The molecule has 0 spiro atoms. The van der Waals surface area contributed by atoms with Crippen molar-refractivity contribution in [2.24, 2.45) is 53.3 Å². The molecule has 10 nitrogen and oxygen atoms in total. The molecule has 8 atom stereocenters. The van der Waals surface area contributed by atoms with E-state index in [-0.39, 0.29) is 87.8 Å². The first-order valence-electron chi connectivity index (χ1n) is 35.2. The summed E-state index contributed by atoms with van der Waals surface area (Å²) in [5.74, 6) is 4.44. The Morgan fingerprint density at radius 2 is 0.488 bits per heavy atom. The third kappa shape index (κ3) is 28.8. The van der Waals surface area contributed by atoms with Crippen molar-refractivity contribution in [2.75, 3.05) is 19.6 Å². The van der Waals surface area contributed by atoms with Gasteiger partial charge in [-0.15, -0.1) is 19.6 Å². The largest absolute Gasteiger partial charge is 0.687 e. The van der Waals surface area contributed by atoms with Gasteiger partial charge in [-0.05, 0) is 182 Å². The van der Waals surface area contributed by atoms with Crippen LogP contribution >= 0.6 is 0 Å². The molecule has 12 heteroatoms. The first-order valence-corrected chi connectivity index (χ1v) is 35.2. The number of hydrogen-bond acceptors (Lipinski definition) is 8. The molecule has 82 heavy (non-hydrogen) atoms. The van der Waals surface area contributed by atoms with E-state index in [1.165, 1.54) is 275 Å². The molecule has 10 aliphatic rings. The van der Waals surface area contributed by atoms with Gasteiger partial charge < -0.3 is 51.5 Å². The Kier molecular flexibility index (Phi) is 40.6. The molecule has 470 valence electrons. The molecule has 10 rings (SSSR count). The Bertz CT molecular complexity index is 1300. The summed E-state index contributed by atoms with van der Waals surface area (Å²) in [5, 5.41) is 90.2. The zero-order valence-electron chi connectivity index (χ0n) is 52.6. The van der Waals surface area contributed by atoms with Crippen LogP contribution < -0.4 is 0 Å². The molecule has 0 aromatic carbocycles. The molecule has 9 fully saturated rings. The van der Waals surface area contributed by atoms with Crippen molar-refractivity contribution >= 4 is 0 Å². The second kappa shape index (κ2) is 44.6. The summed E-state index contributed by atoms with van der Waals surface area (Å²) >= 11 is 0. The summed E-state index contributed by atoms with van der Waals surface area (Å²) in [6, 6.07) is 0. The maximum atomic E-state index is 10.2. The molecule has 8 aliphatic carbocycles. The molecule has 2 aliphatic heterocycles. The molecule has 8 saturated carbocycles. The van der Waals surface area contributed by atoms with E-state index in [0.29, 0.717) is 73.0 Å². The molecule has 0 aromatic heterocycles. The third-order valence-electron chi connectivity index (χ3n) is 22.0. The fourth-order valence-corrected chi connectivity index (χ4v) is 16.5. The van der Waals surface area contributed by atoms with Gasteiger partial charge in [-0.3, -0.25) is 0 Å². The van der Waals surface area contributed by atoms with Gasteiger partial charge in [0.05, 0.1) is 48.8 Å². The van der Waals surface area contributed by atoms with Crippen molar-refractivity contribution in [1.82, 2.24) is 0 Å². The Balaban J connectivity index is 0.000000220. The van der Waals surface area contributed by atoms with Crippen molar-refractivity contribution in [3.05, 3.63) is 34.6 Å². The van der Waals surface area contributed by atoms with Crippen LogP contribution in [0.25, 0.3) is 10.6 Å². The topological polar surface area (TPSA) is 190 Å². The average molecular weight is 1250 g/mol. The first kappa shape index (κ1) is 74.6. The van der Waals surface area contributed by atoms with E-state index >= 15 is 0 Å². The predicted octanol–water partition coefficient (Wildman–Crippen LogP) is 15.6. The molecule has 0 aromatic rings. The van der Waals surface area contributed by atoms with Crippen LogP contribution in [0.15, 0.2) is 23.9 Å². The number of aliphatic hydroxyl groups is 8. The van der Waals surface area contributed by atoms with Crippen molar-refractivity contribution in [3.63, 3.8) is 0 Å². The van der Waals surface area contributed by atoms with E-state index in [1.54, 1.807) is 0 Å². The van der Waals surface area contributed by atoms with Gasteiger partial charge in [0.1, 0.15) is 0 Å². The summed E-state index contributed by atoms with van der Waals surface area (Å²) in [4.78, 5) is 0. The molecular weight excluding hydrogens is 1130 g/mol. The van der Waals surface area contributed by atoms with Gasteiger partial charge in [0.15, 0.2) is 0 Å². The second-order valence-corrected chi connectivity index (χ2v) is 28.0. The maximum Gasteiger partial charge on any atom is 0.0593 e. The number of nitrogens with zero attached hydrogens (tertiary/aromatic N) is 2. The fourth-order valence-electron chi connectivity index (χ4n) is 16.5. The first-order chi connectivity index (χ1) is 39.0. The van der Waals surface area contributed by atoms with Crippen LogP contribution in [-0.2, 0) is 39.0 Å². The van der Waals surface area contributed by atoms with Gasteiger partial charge in [0.2, 0.25) is 0 Å². The summed E-state index contributed by atoms with van der Waals surface area (Å²) in [7, 11) is 0. The summed E-state index contributed by atoms with van der Waals surface area (Å²) in [5.41, 5.74) is 1.49. The quantitative estimate of drug-likeness (QED) is 0.0660. The van der Waals surface area contributed by atoms with Crippen molar-refractivity contribution < 1.29 is 79.8 Å². The molecular formula is C70H126N2O8Zn2-2. The van der Waals surface area contributed by atoms with Crippen LogP contribution in [0.2, 0.25) is 0 Å². The Labute approximate surface area is 528 Å². The van der Waals surface area contributed by atoms with E-state index < -0.39 is 0 Å². The monoisotopic (exact) mass is 1250 g/mol. The maximum absolute atomic E-state index is 10.2. The van der Waals surface area contributed by atoms with Crippen molar-refractivity contribution in [2.45, 2.75) is 344 Å². The normalized spacial score (nSPS) is 26.8. The predicted molar refractivity (Wildman–Crippen MR) is 330 cm³/mol. The number of rotatable bonds is 17. The van der Waals surface area contributed by atoms with Crippen LogP contribution in [0.4, 0.5) is 0 Å². The molecule has 1 saturated heterocycles. The van der Waals surface area contributed by atoms with Crippen LogP contribution in [0.3, 0.4) is 0 Å². The van der Waals surface area contributed by atoms with Gasteiger partial charge in [0.25, 0.3) is 0 Å². The summed E-state index contributed by atoms with van der Waals surface area (Å²) in [6.45, 7) is 2.97. The minimum Gasteiger partial charge on any atom is -0.687 e. The average Bonchev–Trinajstić information content (AvgIpc) is 3.53. The van der Waals surface area contributed by atoms with Crippen LogP contribution in [0, 0.1) is 53.3 Å². The Morgan fingerprint density at radius 3 is 0.659 bits per heavy atom. The van der Waals surface area contributed by atoms with Crippen LogP contribution in [0.5, 0.6) is 0 Å². The third-order valence-corrected chi connectivity index (χ3v) is 22.0. The van der Waals surface area contributed by atoms with E-state index in [4.69, 9.17) is 0 Å². The van der Waals surface area contributed by atoms with Gasteiger partial charge in [-0.2, -0.15) is 6.20 Å². The van der Waals surface area contributed by atoms with E-state index in [0.717, 1.165) is 25.6 Å². The fraction of sp³-hybridized carbons (Fsp3) is 0.943. The Morgan fingerprint density at radius 1 is 0.293 bits per heavy atom. The van der Waals surface area contributed by atoms with E-state index in [1.807, 2.05) is 6.20 Å². The SMILES string of the molecule is C1=CC(C2CC[N-]CC2)=CC[N-]1.OC(CC(O)C1CCCCC1)C1CCCCC1.OC(CC(O)C1CCCCC1)C1CCCCC1.OC(CC(O)C1CCCCC1)C1CCCCC1.OC(CC(O)C1CCCCC1)C1CCCCC1.[Zn].[Zn]. The van der Waals surface area contributed by atoms with Gasteiger partial charge in [0, 0.05) is 39.0 Å². The molecule has 0 bridgehead atoms. The van der Waals surface area contributed by atoms with Gasteiger partial charge in [-0.25, -0.2) is 0 Å². The van der Waals surface area contributed by atoms with Crippen molar-refractivity contribution in [3.8, 4) is 0 Å². The van der Waals surface area contributed by atoms with E-state index in [9.17, 15) is 40.9 Å². The summed E-state index contributed by atoms with van der Waals surface area (Å²) < 4.78 is 0. The molecule has 0 radical (unpaired) electrons. The second-order valence-electron chi connectivity index (χ2n) is 28.0. The zero-order chi connectivity index (χ0) is 56.6. The number of allylic oxidation sites excluding steroid dienone is 2. The Hall–Kier alpha value is 0.167. The van der Waals surface area contributed by atoms with E-state index in [2.05, 4.69) is 22.8 Å². The van der Waals surface area contributed by atoms with Crippen molar-refractivity contribution in [1.29, 1.82) is 0 Å². The number of piperidine rings is 1. The van der Waals surface area contributed by atoms with Crippen LogP contribution in [0.1, 0.15) is 295 Å². The molecule has 8 N–H and O–H groups in total. The van der Waals surface area contributed by atoms with Crippen LogP contribution in [-0.4, -0.2) is 109 Å².